The monoisotopic (exact) mass is 426 g/mol. The van der Waals surface area contributed by atoms with Crippen LogP contribution in [0.1, 0.15) is 12.8 Å². The predicted molar refractivity (Wildman–Crippen MR) is 116 cm³/mol. The van der Waals surface area contributed by atoms with Crippen LogP contribution in [-0.4, -0.2) is 44.0 Å². The van der Waals surface area contributed by atoms with Gasteiger partial charge in [0.15, 0.2) is 9.84 Å². The second kappa shape index (κ2) is 8.16. The number of halogens is 1. The van der Waals surface area contributed by atoms with Crippen molar-refractivity contribution in [3.8, 4) is 22.4 Å². The first-order valence-corrected chi connectivity index (χ1v) is 11.7. The zero-order chi connectivity index (χ0) is 21.3. The van der Waals surface area contributed by atoms with Crippen LogP contribution in [0.25, 0.3) is 22.4 Å². The summed E-state index contributed by atoms with van der Waals surface area (Å²) >= 11 is 0. The molecule has 30 heavy (non-hydrogen) atoms. The minimum Gasteiger partial charge on any atom is -0.393 e. The topological polar surface area (TPSA) is 70.5 Å². The third kappa shape index (κ3) is 4.52. The Bertz CT molecular complexity index is 1140. The van der Waals surface area contributed by atoms with Crippen molar-refractivity contribution in [1.29, 1.82) is 0 Å². The number of sulfone groups is 1. The zero-order valence-corrected chi connectivity index (χ0v) is 17.4. The van der Waals surface area contributed by atoms with E-state index in [9.17, 15) is 17.9 Å². The molecule has 1 aliphatic heterocycles. The van der Waals surface area contributed by atoms with E-state index in [-0.39, 0.29) is 16.8 Å². The number of benzene rings is 2. The van der Waals surface area contributed by atoms with Crippen molar-refractivity contribution in [3.63, 3.8) is 0 Å². The number of anilines is 1. The fourth-order valence-electron chi connectivity index (χ4n) is 3.60. The van der Waals surface area contributed by atoms with E-state index in [1.165, 1.54) is 18.4 Å². The van der Waals surface area contributed by atoms with Crippen molar-refractivity contribution in [2.45, 2.75) is 23.8 Å². The van der Waals surface area contributed by atoms with Crippen molar-refractivity contribution in [1.82, 2.24) is 4.98 Å². The molecule has 156 valence electrons. The fourth-order valence-corrected chi connectivity index (χ4v) is 4.23. The summed E-state index contributed by atoms with van der Waals surface area (Å²) in [5.41, 5.74) is 3.27. The van der Waals surface area contributed by atoms with Gasteiger partial charge in [0.05, 0.1) is 16.7 Å². The van der Waals surface area contributed by atoms with Crippen molar-refractivity contribution >= 4 is 15.7 Å². The number of aliphatic hydroxyl groups excluding tert-OH is 1. The lowest BCUT2D eigenvalue weighted by atomic mass is 10.0. The van der Waals surface area contributed by atoms with E-state index in [1.807, 2.05) is 12.1 Å². The zero-order valence-electron chi connectivity index (χ0n) is 16.6. The van der Waals surface area contributed by atoms with Gasteiger partial charge in [0.2, 0.25) is 0 Å². The maximum absolute atomic E-state index is 13.4. The van der Waals surface area contributed by atoms with Crippen molar-refractivity contribution in [3.05, 3.63) is 66.5 Å². The van der Waals surface area contributed by atoms with Gasteiger partial charge in [-0.05, 0) is 72.5 Å². The van der Waals surface area contributed by atoms with Crippen LogP contribution in [0, 0.1) is 5.82 Å². The van der Waals surface area contributed by atoms with Crippen LogP contribution < -0.4 is 4.90 Å². The molecule has 0 unspecified atom stereocenters. The van der Waals surface area contributed by atoms with E-state index in [1.54, 1.807) is 36.4 Å². The Morgan fingerprint density at radius 2 is 1.53 bits per heavy atom. The van der Waals surface area contributed by atoms with Crippen molar-refractivity contribution in [2.24, 2.45) is 0 Å². The van der Waals surface area contributed by atoms with Gasteiger partial charge in [0.25, 0.3) is 0 Å². The SMILES string of the molecule is CS(=O)(=O)c1ccc(-c2cc(-c3ccc(F)cc3)nc(N3CCC(O)CC3)c2)cc1. The van der Waals surface area contributed by atoms with E-state index in [4.69, 9.17) is 4.98 Å². The Labute approximate surface area is 175 Å². The molecule has 0 radical (unpaired) electrons. The number of rotatable bonds is 4. The standard InChI is InChI=1S/C23H23FN2O3S/c1-30(28,29)21-8-4-16(5-9-21)18-14-22(17-2-6-19(24)7-3-17)25-23(15-18)26-12-10-20(27)11-13-26/h2-9,14-15,20,27H,10-13H2,1H3. The van der Waals surface area contributed by atoms with Gasteiger partial charge in [0.1, 0.15) is 11.6 Å². The quantitative estimate of drug-likeness (QED) is 0.685. The molecule has 0 spiro atoms. The Balaban J connectivity index is 1.78. The lowest BCUT2D eigenvalue weighted by molar-refractivity contribution is 0.145. The van der Waals surface area contributed by atoms with Crippen LogP contribution in [0.3, 0.4) is 0 Å². The molecular weight excluding hydrogens is 403 g/mol. The van der Waals surface area contributed by atoms with Crippen LogP contribution in [0.15, 0.2) is 65.6 Å². The Hall–Kier alpha value is -2.77. The highest BCUT2D eigenvalue weighted by Gasteiger charge is 2.20. The second-order valence-corrected chi connectivity index (χ2v) is 9.64. The molecule has 0 bridgehead atoms. The molecule has 3 aromatic rings. The number of pyridine rings is 1. The van der Waals surface area contributed by atoms with Crippen LogP contribution in [0.2, 0.25) is 0 Å². The van der Waals surface area contributed by atoms with E-state index in [2.05, 4.69) is 4.90 Å². The highest BCUT2D eigenvalue weighted by molar-refractivity contribution is 7.90. The molecule has 1 aliphatic rings. The van der Waals surface area contributed by atoms with Gasteiger partial charge in [-0.2, -0.15) is 0 Å². The largest absolute Gasteiger partial charge is 0.393 e. The van der Waals surface area contributed by atoms with Gasteiger partial charge in [-0.25, -0.2) is 17.8 Å². The molecule has 1 N–H and O–H groups in total. The summed E-state index contributed by atoms with van der Waals surface area (Å²) < 4.78 is 36.9. The molecule has 5 nitrogen and oxygen atoms in total. The smallest absolute Gasteiger partial charge is 0.175 e. The van der Waals surface area contributed by atoms with Crippen LogP contribution in [-0.2, 0) is 9.84 Å². The normalized spacial score (nSPS) is 15.4. The number of nitrogens with zero attached hydrogens (tertiary/aromatic N) is 2. The molecule has 1 saturated heterocycles. The van der Waals surface area contributed by atoms with Gasteiger partial charge >= 0.3 is 0 Å². The Kier molecular flexibility index (Phi) is 5.58. The van der Waals surface area contributed by atoms with E-state index < -0.39 is 9.84 Å². The first-order chi connectivity index (χ1) is 14.3. The maximum Gasteiger partial charge on any atom is 0.175 e. The first kappa shape index (κ1) is 20.5. The third-order valence-electron chi connectivity index (χ3n) is 5.36. The maximum atomic E-state index is 13.4. The second-order valence-electron chi connectivity index (χ2n) is 7.62. The molecule has 2 heterocycles. The molecule has 1 aromatic heterocycles. The summed E-state index contributed by atoms with van der Waals surface area (Å²) in [5, 5.41) is 9.83. The summed E-state index contributed by atoms with van der Waals surface area (Å²) in [4.78, 5) is 7.19. The molecule has 4 rings (SSSR count). The minimum atomic E-state index is -3.27. The number of hydrogen-bond acceptors (Lipinski definition) is 5. The minimum absolute atomic E-state index is 0.268. The third-order valence-corrected chi connectivity index (χ3v) is 6.48. The van der Waals surface area contributed by atoms with E-state index in [0.29, 0.717) is 31.6 Å². The summed E-state index contributed by atoms with van der Waals surface area (Å²) in [6.07, 6.45) is 2.26. The van der Waals surface area contributed by atoms with Crippen molar-refractivity contribution < 1.29 is 17.9 Å². The van der Waals surface area contributed by atoms with Gasteiger partial charge in [0, 0.05) is 24.9 Å². The summed E-state index contributed by atoms with van der Waals surface area (Å²) in [5.74, 6) is 0.474. The summed E-state index contributed by atoms with van der Waals surface area (Å²) in [7, 11) is -3.27. The van der Waals surface area contributed by atoms with E-state index >= 15 is 0 Å². The lowest BCUT2D eigenvalue weighted by Gasteiger charge is -2.31. The molecule has 1 fully saturated rings. The lowest BCUT2D eigenvalue weighted by Crippen LogP contribution is -2.36. The average Bonchev–Trinajstić information content (AvgIpc) is 2.74. The summed E-state index contributed by atoms with van der Waals surface area (Å²) in [6.45, 7) is 1.40. The molecule has 0 atom stereocenters. The van der Waals surface area contributed by atoms with Crippen LogP contribution in [0.4, 0.5) is 10.2 Å². The molecule has 2 aromatic carbocycles. The summed E-state index contributed by atoms with van der Waals surface area (Å²) in [6, 6.07) is 16.8. The molecular formula is C23H23FN2O3S. The molecule has 0 amide bonds. The predicted octanol–water partition coefficient (Wildman–Crippen LogP) is 3.92. The van der Waals surface area contributed by atoms with Gasteiger partial charge in [-0.1, -0.05) is 12.1 Å². The van der Waals surface area contributed by atoms with Gasteiger partial charge < -0.3 is 10.0 Å². The number of aromatic nitrogens is 1. The highest BCUT2D eigenvalue weighted by atomic mass is 32.2. The van der Waals surface area contributed by atoms with E-state index in [0.717, 1.165) is 22.5 Å². The number of aliphatic hydroxyl groups is 1. The fraction of sp³-hybridized carbons (Fsp3) is 0.261. The molecule has 0 saturated carbocycles. The van der Waals surface area contributed by atoms with Crippen molar-refractivity contribution in [2.75, 3.05) is 24.2 Å². The molecule has 0 aliphatic carbocycles. The highest BCUT2D eigenvalue weighted by Crippen LogP contribution is 2.31. The Morgan fingerprint density at radius 1 is 0.933 bits per heavy atom. The van der Waals surface area contributed by atoms with Gasteiger partial charge in [-0.15, -0.1) is 0 Å². The number of piperidine rings is 1. The van der Waals surface area contributed by atoms with Crippen LogP contribution >= 0.6 is 0 Å². The van der Waals surface area contributed by atoms with Gasteiger partial charge in [-0.3, -0.25) is 0 Å². The molecule has 7 heteroatoms. The first-order valence-electron chi connectivity index (χ1n) is 9.81. The Morgan fingerprint density at radius 3 is 2.13 bits per heavy atom. The van der Waals surface area contributed by atoms with Crippen LogP contribution in [0.5, 0.6) is 0 Å². The number of hydrogen-bond donors (Lipinski definition) is 1. The average molecular weight is 427 g/mol.